The molecule has 0 amide bonds. The van der Waals surface area contributed by atoms with Crippen LogP contribution in [0.4, 0.5) is 0 Å². The Morgan fingerprint density at radius 3 is 2.62 bits per heavy atom. The number of hydrogen-bond donors (Lipinski definition) is 0. The van der Waals surface area contributed by atoms with Crippen molar-refractivity contribution in [2.24, 2.45) is 4.99 Å². The number of fused-ring (bicyclic) bond motifs is 3. The molecule has 0 aromatic carbocycles. The van der Waals surface area contributed by atoms with Gasteiger partial charge in [0.25, 0.3) is 0 Å². The summed E-state index contributed by atoms with van der Waals surface area (Å²) in [6.07, 6.45) is 1.94. The second-order valence-corrected chi connectivity index (χ2v) is 4.05. The van der Waals surface area contributed by atoms with Crippen LogP contribution < -0.4 is 0 Å². The fourth-order valence-corrected chi connectivity index (χ4v) is 2.53. The summed E-state index contributed by atoms with van der Waals surface area (Å²) >= 11 is 0. The Bertz CT molecular complexity index is 213. The summed E-state index contributed by atoms with van der Waals surface area (Å²) in [7, 11) is 0. The van der Waals surface area contributed by atoms with Crippen molar-refractivity contribution in [1.82, 2.24) is 9.80 Å². The Hall–Kier alpha value is -0.610. The van der Waals surface area contributed by atoms with Gasteiger partial charge in [-0.25, -0.2) is 0 Å². The molecule has 4 heteroatoms. The normalized spacial score (nSPS) is 48.0. The van der Waals surface area contributed by atoms with E-state index in [1.807, 2.05) is 0 Å². The summed E-state index contributed by atoms with van der Waals surface area (Å²) in [5.41, 5.74) is 0. The first-order chi connectivity index (χ1) is 6.43. The highest BCUT2D eigenvalue weighted by Crippen LogP contribution is 2.21. The van der Waals surface area contributed by atoms with E-state index in [4.69, 9.17) is 4.74 Å². The Morgan fingerprint density at radius 2 is 2.08 bits per heavy atom. The molecule has 0 aromatic rings. The SMILES string of the molecule is C1=NCC(C2CN3CCN2CC3)O1. The molecule has 4 heterocycles. The lowest BCUT2D eigenvalue weighted by Crippen LogP contribution is -2.64. The third kappa shape index (κ3) is 1.25. The fourth-order valence-electron chi connectivity index (χ4n) is 2.53. The summed E-state index contributed by atoms with van der Waals surface area (Å²) in [4.78, 5) is 9.22. The zero-order valence-corrected chi connectivity index (χ0v) is 7.72. The Morgan fingerprint density at radius 1 is 1.23 bits per heavy atom. The lowest BCUT2D eigenvalue weighted by Gasteiger charge is -2.48. The zero-order valence-electron chi connectivity index (χ0n) is 7.72. The Balaban J connectivity index is 1.70. The lowest BCUT2D eigenvalue weighted by molar-refractivity contribution is -0.0316. The van der Waals surface area contributed by atoms with E-state index in [-0.39, 0.29) is 0 Å². The third-order valence-electron chi connectivity index (χ3n) is 3.35. The predicted octanol–water partition coefficient (Wildman–Crippen LogP) is -0.587. The summed E-state index contributed by atoms with van der Waals surface area (Å²) in [5, 5.41) is 0. The van der Waals surface area contributed by atoms with Gasteiger partial charge < -0.3 is 4.74 Å². The van der Waals surface area contributed by atoms with Crippen LogP contribution in [0, 0.1) is 0 Å². The van der Waals surface area contributed by atoms with Gasteiger partial charge in [0.15, 0.2) is 6.40 Å². The molecule has 4 rings (SSSR count). The third-order valence-corrected chi connectivity index (χ3v) is 3.35. The van der Waals surface area contributed by atoms with E-state index in [2.05, 4.69) is 14.8 Å². The molecule has 2 atom stereocenters. The highest BCUT2D eigenvalue weighted by atomic mass is 16.5. The van der Waals surface area contributed by atoms with Crippen molar-refractivity contribution in [3.8, 4) is 0 Å². The van der Waals surface area contributed by atoms with Gasteiger partial charge in [0.05, 0.1) is 12.6 Å². The number of hydrogen-bond acceptors (Lipinski definition) is 4. The van der Waals surface area contributed by atoms with Gasteiger partial charge in [0, 0.05) is 32.7 Å². The van der Waals surface area contributed by atoms with Crippen LogP contribution in [0.3, 0.4) is 0 Å². The van der Waals surface area contributed by atoms with E-state index in [1.54, 1.807) is 6.40 Å². The molecule has 0 saturated carbocycles. The van der Waals surface area contributed by atoms with Crippen LogP contribution >= 0.6 is 0 Å². The van der Waals surface area contributed by atoms with Gasteiger partial charge in [0.1, 0.15) is 6.10 Å². The minimum Gasteiger partial charge on any atom is -0.477 e. The molecule has 4 aliphatic rings. The molecule has 0 aliphatic carbocycles. The number of ether oxygens (including phenoxy) is 1. The molecule has 0 radical (unpaired) electrons. The van der Waals surface area contributed by atoms with Crippen molar-refractivity contribution < 1.29 is 4.74 Å². The van der Waals surface area contributed by atoms with E-state index in [0.29, 0.717) is 12.1 Å². The topological polar surface area (TPSA) is 28.1 Å². The fraction of sp³-hybridized carbons (Fsp3) is 0.889. The largest absolute Gasteiger partial charge is 0.477 e. The van der Waals surface area contributed by atoms with Crippen LogP contribution in [-0.4, -0.2) is 67.6 Å². The van der Waals surface area contributed by atoms with Gasteiger partial charge in [-0.2, -0.15) is 0 Å². The number of nitrogens with zero attached hydrogens (tertiary/aromatic N) is 3. The van der Waals surface area contributed by atoms with Crippen molar-refractivity contribution in [1.29, 1.82) is 0 Å². The second kappa shape index (κ2) is 2.96. The van der Waals surface area contributed by atoms with Gasteiger partial charge in [-0.1, -0.05) is 0 Å². The van der Waals surface area contributed by atoms with Gasteiger partial charge in [-0.3, -0.25) is 14.8 Å². The minimum atomic E-state index is 0.322. The smallest absolute Gasteiger partial charge is 0.170 e. The average molecular weight is 181 g/mol. The highest BCUT2D eigenvalue weighted by molar-refractivity contribution is 5.49. The Kier molecular flexibility index (Phi) is 1.77. The molecule has 3 saturated heterocycles. The second-order valence-electron chi connectivity index (χ2n) is 4.05. The van der Waals surface area contributed by atoms with Crippen LogP contribution in [0.15, 0.2) is 4.99 Å². The first-order valence-electron chi connectivity index (χ1n) is 5.03. The van der Waals surface area contributed by atoms with Crippen LogP contribution in [0.2, 0.25) is 0 Å². The van der Waals surface area contributed by atoms with E-state index in [0.717, 1.165) is 6.54 Å². The molecule has 0 spiro atoms. The molecule has 3 fully saturated rings. The molecule has 13 heavy (non-hydrogen) atoms. The lowest BCUT2D eigenvalue weighted by atomic mass is 10.0. The Labute approximate surface area is 78.2 Å². The van der Waals surface area contributed by atoms with E-state index >= 15 is 0 Å². The predicted molar refractivity (Wildman–Crippen MR) is 50.0 cm³/mol. The zero-order chi connectivity index (χ0) is 8.67. The molecule has 2 bridgehead atoms. The van der Waals surface area contributed by atoms with Crippen molar-refractivity contribution >= 4 is 6.40 Å². The quantitative estimate of drug-likeness (QED) is 0.541. The maximum atomic E-state index is 5.49. The summed E-state index contributed by atoms with van der Waals surface area (Å²) in [5.74, 6) is 0. The van der Waals surface area contributed by atoms with Crippen molar-refractivity contribution in [2.45, 2.75) is 12.1 Å². The van der Waals surface area contributed by atoms with E-state index in [1.165, 1.54) is 32.7 Å². The van der Waals surface area contributed by atoms with Gasteiger partial charge >= 0.3 is 0 Å². The highest BCUT2D eigenvalue weighted by Gasteiger charge is 2.38. The van der Waals surface area contributed by atoms with Gasteiger partial charge in [-0.15, -0.1) is 0 Å². The monoisotopic (exact) mass is 181 g/mol. The van der Waals surface area contributed by atoms with Gasteiger partial charge in [-0.05, 0) is 0 Å². The maximum Gasteiger partial charge on any atom is 0.170 e. The first-order valence-corrected chi connectivity index (χ1v) is 5.03. The van der Waals surface area contributed by atoms with Crippen molar-refractivity contribution in [3.05, 3.63) is 0 Å². The molecular formula is C9H15N3O. The van der Waals surface area contributed by atoms with E-state index < -0.39 is 0 Å². The molecule has 72 valence electrons. The number of piperazine rings is 3. The van der Waals surface area contributed by atoms with E-state index in [9.17, 15) is 0 Å². The van der Waals surface area contributed by atoms with Crippen molar-refractivity contribution in [3.63, 3.8) is 0 Å². The van der Waals surface area contributed by atoms with Crippen LogP contribution in [-0.2, 0) is 4.74 Å². The van der Waals surface area contributed by atoms with Gasteiger partial charge in [0.2, 0.25) is 0 Å². The molecular weight excluding hydrogens is 166 g/mol. The van der Waals surface area contributed by atoms with Crippen LogP contribution in [0.5, 0.6) is 0 Å². The standard InChI is InChI=1S/C9H15N3O/c1-3-12-4-2-11(1)6-8(12)9-5-10-7-13-9/h7-9H,1-6H2. The van der Waals surface area contributed by atoms with Crippen LogP contribution in [0.25, 0.3) is 0 Å². The number of aliphatic imine (C=N–C) groups is 1. The number of rotatable bonds is 1. The summed E-state index contributed by atoms with van der Waals surface area (Å²) in [6, 6.07) is 0.588. The molecule has 4 nitrogen and oxygen atoms in total. The summed E-state index contributed by atoms with van der Waals surface area (Å²) < 4.78 is 5.49. The molecule has 2 unspecified atom stereocenters. The molecule has 4 aliphatic heterocycles. The van der Waals surface area contributed by atoms with Crippen molar-refractivity contribution in [2.75, 3.05) is 39.3 Å². The molecule has 0 N–H and O–H groups in total. The molecule has 0 aromatic heterocycles. The average Bonchev–Trinajstić information content (AvgIpc) is 2.72. The summed E-state index contributed by atoms with van der Waals surface area (Å²) in [6.45, 7) is 6.94. The maximum absolute atomic E-state index is 5.49. The first kappa shape index (κ1) is 7.76. The van der Waals surface area contributed by atoms with Crippen LogP contribution in [0.1, 0.15) is 0 Å². The minimum absolute atomic E-state index is 0.322.